The SMILES string of the molecule is ONCc1coc2ncccc12. The van der Waals surface area contributed by atoms with Gasteiger partial charge in [-0.2, -0.15) is 0 Å². The Kier molecular flexibility index (Phi) is 1.77. The molecule has 0 aliphatic carbocycles. The molecule has 0 spiro atoms. The second-order valence-electron chi connectivity index (χ2n) is 2.45. The molecule has 0 aliphatic rings. The summed E-state index contributed by atoms with van der Waals surface area (Å²) in [6.07, 6.45) is 3.25. The minimum atomic E-state index is 0.374. The van der Waals surface area contributed by atoms with Crippen molar-refractivity contribution in [3.05, 3.63) is 30.2 Å². The van der Waals surface area contributed by atoms with Gasteiger partial charge in [0.15, 0.2) is 0 Å². The van der Waals surface area contributed by atoms with Gasteiger partial charge in [0.05, 0.1) is 6.26 Å². The first-order valence-electron chi connectivity index (χ1n) is 3.60. The molecule has 0 amide bonds. The van der Waals surface area contributed by atoms with Crippen LogP contribution in [0.1, 0.15) is 5.56 Å². The monoisotopic (exact) mass is 164 g/mol. The van der Waals surface area contributed by atoms with Crippen molar-refractivity contribution in [1.82, 2.24) is 10.5 Å². The lowest BCUT2D eigenvalue weighted by atomic mass is 10.2. The molecule has 0 bridgehead atoms. The van der Waals surface area contributed by atoms with Gasteiger partial charge in [0.25, 0.3) is 0 Å². The summed E-state index contributed by atoms with van der Waals surface area (Å²) in [5.74, 6) is 0. The fourth-order valence-electron chi connectivity index (χ4n) is 1.14. The summed E-state index contributed by atoms with van der Waals surface area (Å²) < 4.78 is 5.14. The summed E-state index contributed by atoms with van der Waals surface area (Å²) in [5, 5.41) is 9.42. The zero-order valence-electron chi connectivity index (χ0n) is 6.32. The molecule has 0 saturated heterocycles. The second kappa shape index (κ2) is 2.92. The Morgan fingerprint density at radius 3 is 3.33 bits per heavy atom. The van der Waals surface area contributed by atoms with Crippen LogP contribution in [-0.4, -0.2) is 10.2 Å². The lowest BCUT2D eigenvalue weighted by Gasteiger charge is -1.92. The fourth-order valence-corrected chi connectivity index (χ4v) is 1.14. The van der Waals surface area contributed by atoms with E-state index in [4.69, 9.17) is 9.62 Å². The van der Waals surface area contributed by atoms with E-state index in [0.717, 1.165) is 10.9 Å². The number of pyridine rings is 1. The van der Waals surface area contributed by atoms with E-state index in [1.165, 1.54) is 0 Å². The van der Waals surface area contributed by atoms with Gasteiger partial charge in [0.1, 0.15) is 0 Å². The number of hydrogen-bond acceptors (Lipinski definition) is 4. The van der Waals surface area contributed by atoms with Crippen LogP contribution in [0.2, 0.25) is 0 Å². The first-order chi connectivity index (χ1) is 5.92. The summed E-state index contributed by atoms with van der Waals surface area (Å²) >= 11 is 0. The lowest BCUT2D eigenvalue weighted by Crippen LogP contribution is -2.04. The van der Waals surface area contributed by atoms with E-state index in [9.17, 15) is 0 Å². The van der Waals surface area contributed by atoms with Crippen LogP contribution >= 0.6 is 0 Å². The first-order valence-corrected chi connectivity index (χ1v) is 3.60. The highest BCUT2D eigenvalue weighted by Gasteiger charge is 2.03. The maximum absolute atomic E-state index is 8.49. The van der Waals surface area contributed by atoms with Crippen LogP contribution in [0, 0.1) is 0 Å². The van der Waals surface area contributed by atoms with E-state index >= 15 is 0 Å². The van der Waals surface area contributed by atoms with Crippen LogP contribution < -0.4 is 5.48 Å². The molecule has 0 saturated carbocycles. The topological polar surface area (TPSA) is 58.3 Å². The molecular formula is C8H8N2O2. The third-order valence-corrected chi connectivity index (χ3v) is 1.70. The van der Waals surface area contributed by atoms with Gasteiger partial charge in [-0.25, -0.2) is 10.5 Å². The van der Waals surface area contributed by atoms with Crippen LogP contribution in [0.25, 0.3) is 11.1 Å². The van der Waals surface area contributed by atoms with Crippen LogP contribution in [-0.2, 0) is 6.54 Å². The van der Waals surface area contributed by atoms with Crippen molar-refractivity contribution >= 4 is 11.1 Å². The van der Waals surface area contributed by atoms with Crippen LogP contribution in [0.4, 0.5) is 0 Å². The summed E-state index contributed by atoms with van der Waals surface area (Å²) in [5.41, 5.74) is 3.58. The Bertz CT molecular complexity index is 383. The van der Waals surface area contributed by atoms with Crippen molar-refractivity contribution in [3.8, 4) is 0 Å². The molecule has 12 heavy (non-hydrogen) atoms. The highest BCUT2D eigenvalue weighted by Crippen LogP contribution is 2.17. The minimum Gasteiger partial charge on any atom is -0.446 e. The number of hydrogen-bond donors (Lipinski definition) is 2. The standard InChI is InChI=1S/C8H8N2O2/c11-10-4-6-5-12-8-7(6)2-1-3-9-8/h1-3,5,10-11H,4H2. The molecule has 0 aliphatic heterocycles. The average Bonchev–Trinajstić information content (AvgIpc) is 2.50. The van der Waals surface area contributed by atoms with Crippen molar-refractivity contribution in [1.29, 1.82) is 0 Å². The lowest BCUT2D eigenvalue weighted by molar-refractivity contribution is 0.161. The molecule has 4 nitrogen and oxygen atoms in total. The molecule has 2 aromatic heterocycles. The van der Waals surface area contributed by atoms with Gasteiger partial charge in [-0.3, -0.25) is 0 Å². The molecule has 2 heterocycles. The molecule has 2 rings (SSSR count). The van der Waals surface area contributed by atoms with Gasteiger partial charge in [0.2, 0.25) is 5.71 Å². The molecular weight excluding hydrogens is 156 g/mol. The highest BCUT2D eigenvalue weighted by atomic mass is 16.5. The zero-order valence-corrected chi connectivity index (χ0v) is 6.32. The summed E-state index contributed by atoms with van der Waals surface area (Å²) in [4.78, 5) is 4.01. The maximum Gasteiger partial charge on any atom is 0.226 e. The van der Waals surface area contributed by atoms with E-state index in [0.29, 0.717) is 12.3 Å². The van der Waals surface area contributed by atoms with E-state index in [-0.39, 0.29) is 0 Å². The zero-order chi connectivity index (χ0) is 8.39. The van der Waals surface area contributed by atoms with Crippen molar-refractivity contribution in [2.75, 3.05) is 0 Å². The second-order valence-corrected chi connectivity index (χ2v) is 2.45. The third-order valence-electron chi connectivity index (χ3n) is 1.70. The van der Waals surface area contributed by atoms with Gasteiger partial charge < -0.3 is 9.62 Å². The number of fused-ring (bicyclic) bond motifs is 1. The normalized spacial score (nSPS) is 10.8. The van der Waals surface area contributed by atoms with Crippen molar-refractivity contribution in [3.63, 3.8) is 0 Å². The number of nitrogens with one attached hydrogen (secondary N) is 1. The van der Waals surface area contributed by atoms with E-state index < -0.39 is 0 Å². The highest BCUT2D eigenvalue weighted by molar-refractivity contribution is 5.77. The Morgan fingerprint density at radius 1 is 1.58 bits per heavy atom. The maximum atomic E-state index is 8.49. The predicted octanol–water partition coefficient (Wildman–Crippen LogP) is 1.31. The predicted molar refractivity (Wildman–Crippen MR) is 42.6 cm³/mol. The molecule has 0 unspecified atom stereocenters. The first kappa shape index (κ1) is 7.27. The fraction of sp³-hybridized carbons (Fsp3) is 0.125. The number of rotatable bonds is 2. The summed E-state index contributed by atoms with van der Waals surface area (Å²) in [6, 6.07) is 3.73. The molecule has 0 atom stereocenters. The van der Waals surface area contributed by atoms with E-state index in [1.54, 1.807) is 12.5 Å². The van der Waals surface area contributed by atoms with Crippen molar-refractivity contribution < 1.29 is 9.62 Å². The van der Waals surface area contributed by atoms with E-state index in [1.807, 2.05) is 12.1 Å². The van der Waals surface area contributed by atoms with Crippen LogP contribution in [0.5, 0.6) is 0 Å². The quantitative estimate of drug-likeness (QED) is 0.657. The number of aromatic nitrogens is 1. The summed E-state index contributed by atoms with van der Waals surface area (Å²) in [6.45, 7) is 0.374. The number of nitrogens with zero attached hydrogens (tertiary/aromatic N) is 1. The van der Waals surface area contributed by atoms with Gasteiger partial charge in [-0.1, -0.05) is 0 Å². The van der Waals surface area contributed by atoms with Crippen molar-refractivity contribution in [2.24, 2.45) is 0 Å². The van der Waals surface area contributed by atoms with E-state index in [2.05, 4.69) is 10.5 Å². The Labute approximate surface area is 68.8 Å². The van der Waals surface area contributed by atoms with Gasteiger partial charge >= 0.3 is 0 Å². The molecule has 4 heteroatoms. The molecule has 2 N–H and O–H groups in total. The average molecular weight is 164 g/mol. The summed E-state index contributed by atoms with van der Waals surface area (Å²) in [7, 11) is 0. The van der Waals surface area contributed by atoms with Crippen LogP contribution in [0.3, 0.4) is 0 Å². The largest absolute Gasteiger partial charge is 0.446 e. The molecule has 62 valence electrons. The molecule has 0 radical (unpaired) electrons. The number of furan rings is 1. The van der Waals surface area contributed by atoms with Gasteiger partial charge in [0, 0.05) is 23.7 Å². The molecule has 0 aromatic carbocycles. The Hall–Kier alpha value is -1.39. The molecule has 0 fully saturated rings. The smallest absolute Gasteiger partial charge is 0.226 e. The number of hydroxylamine groups is 1. The van der Waals surface area contributed by atoms with Crippen molar-refractivity contribution in [2.45, 2.75) is 6.54 Å². The molecule has 2 aromatic rings. The van der Waals surface area contributed by atoms with Gasteiger partial charge in [-0.05, 0) is 12.1 Å². The van der Waals surface area contributed by atoms with Crippen LogP contribution in [0.15, 0.2) is 29.0 Å². The third kappa shape index (κ3) is 1.07. The Morgan fingerprint density at radius 2 is 2.50 bits per heavy atom. The minimum absolute atomic E-state index is 0.374. The van der Waals surface area contributed by atoms with Gasteiger partial charge in [-0.15, -0.1) is 0 Å². The Balaban J connectivity index is 2.55.